The maximum absolute atomic E-state index is 12.4. The number of hydrogen-bond acceptors (Lipinski definition) is 4. The van der Waals surface area contributed by atoms with Crippen LogP contribution in [0.3, 0.4) is 0 Å². The number of ether oxygens (including phenoxy) is 1. The van der Waals surface area contributed by atoms with Gasteiger partial charge in [0.2, 0.25) is 5.91 Å². The third-order valence-electron chi connectivity index (χ3n) is 3.71. The van der Waals surface area contributed by atoms with Gasteiger partial charge in [0.15, 0.2) is 6.61 Å². The summed E-state index contributed by atoms with van der Waals surface area (Å²) in [7, 11) is 0. The average molecular weight is 330 g/mol. The second-order valence-corrected chi connectivity index (χ2v) is 6.40. The fraction of sp³-hybridized carbons (Fsp3) is 0.294. The van der Waals surface area contributed by atoms with Gasteiger partial charge in [-0.05, 0) is 35.6 Å². The molecular formula is C17H18N2O3S. The molecule has 0 bridgehead atoms. The van der Waals surface area contributed by atoms with Gasteiger partial charge in [0, 0.05) is 24.9 Å². The molecule has 2 amide bonds. The van der Waals surface area contributed by atoms with E-state index in [-0.39, 0.29) is 18.4 Å². The van der Waals surface area contributed by atoms with Crippen LogP contribution in [0.5, 0.6) is 5.75 Å². The quantitative estimate of drug-likeness (QED) is 0.937. The number of hydrogen-bond donors (Lipinski definition) is 1. The molecule has 0 saturated carbocycles. The summed E-state index contributed by atoms with van der Waals surface area (Å²) in [6.45, 7) is 2.78. The van der Waals surface area contributed by atoms with E-state index in [9.17, 15) is 9.59 Å². The third kappa shape index (κ3) is 3.71. The molecule has 5 nitrogen and oxygen atoms in total. The number of para-hydroxylation sites is 2. The Morgan fingerprint density at radius 3 is 2.96 bits per heavy atom. The molecule has 0 radical (unpaired) electrons. The van der Waals surface area contributed by atoms with Crippen LogP contribution in [0.1, 0.15) is 17.4 Å². The first-order valence-corrected chi connectivity index (χ1v) is 8.34. The van der Waals surface area contributed by atoms with Crippen LogP contribution in [0.4, 0.5) is 5.69 Å². The van der Waals surface area contributed by atoms with Crippen molar-refractivity contribution in [1.82, 2.24) is 4.90 Å². The van der Waals surface area contributed by atoms with Gasteiger partial charge in [-0.2, -0.15) is 0 Å². The summed E-state index contributed by atoms with van der Waals surface area (Å²) in [6, 6.07) is 9.18. The number of amides is 2. The Balaban J connectivity index is 1.61. The minimum atomic E-state index is -0.173. The number of rotatable bonds is 4. The molecule has 120 valence electrons. The summed E-state index contributed by atoms with van der Waals surface area (Å²) in [5.41, 5.74) is 1.81. The van der Waals surface area contributed by atoms with Gasteiger partial charge in [0.1, 0.15) is 5.75 Å². The van der Waals surface area contributed by atoms with Crippen molar-refractivity contribution < 1.29 is 14.3 Å². The van der Waals surface area contributed by atoms with Crippen molar-refractivity contribution in [2.24, 2.45) is 0 Å². The molecule has 1 N–H and O–H groups in total. The van der Waals surface area contributed by atoms with Gasteiger partial charge in [-0.1, -0.05) is 12.1 Å². The first-order valence-electron chi connectivity index (χ1n) is 7.46. The van der Waals surface area contributed by atoms with Gasteiger partial charge in [-0.3, -0.25) is 9.59 Å². The number of thiophene rings is 1. The minimum Gasteiger partial charge on any atom is -0.482 e. The lowest BCUT2D eigenvalue weighted by Crippen LogP contribution is -2.38. The molecule has 1 aromatic carbocycles. The van der Waals surface area contributed by atoms with Gasteiger partial charge < -0.3 is 15.0 Å². The molecule has 2 aromatic rings. The zero-order valence-electron chi connectivity index (χ0n) is 12.9. The number of nitrogens with one attached hydrogen (secondary N) is 1. The first-order chi connectivity index (χ1) is 11.1. The molecule has 6 heteroatoms. The number of fused-ring (bicyclic) bond motifs is 1. The molecule has 2 heterocycles. The minimum absolute atomic E-state index is 0.0317. The molecule has 0 fully saturated rings. The lowest BCUT2D eigenvalue weighted by atomic mass is 10.1. The van der Waals surface area contributed by atoms with Crippen LogP contribution in [-0.4, -0.2) is 29.9 Å². The second kappa shape index (κ2) is 6.83. The van der Waals surface area contributed by atoms with Gasteiger partial charge in [0.05, 0.1) is 5.69 Å². The molecule has 0 unspecified atom stereocenters. The predicted molar refractivity (Wildman–Crippen MR) is 89.7 cm³/mol. The summed E-state index contributed by atoms with van der Waals surface area (Å²) in [5, 5.41) is 4.77. The smallest absolute Gasteiger partial charge is 0.260 e. The average Bonchev–Trinajstić information content (AvgIpc) is 3.00. The number of carbonyl (C=O) groups is 2. The molecule has 1 aliphatic heterocycles. The maximum atomic E-state index is 12.4. The lowest BCUT2D eigenvalue weighted by Gasteiger charge is -2.27. The predicted octanol–water partition coefficient (Wildman–Crippen LogP) is 2.67. The zero-order valence-corrected chi connectivity index (χ0v) is 13.7. The highest BCUT2D eigenvalue weighted by atomic mass is 32.1. The fourth-order valence-electron chi connectivity index (χ4n) is 2.58. The Hall–Kier alpha value is -2.34. The normalized spacial score (nSPS) is 13.3. The molecule has 1 aromatic heterocycles. The van der Waals surface area contributed by atoms with Crippen LogP contribution >= 0.6 is 11.3 Å². The SMILES string of the molecule is CC(=O)Nc1ccccc1OCC(=O)N1CCc2sccc2C1. The van der Waals surface area contributed by atoms with E-state index in [0.717, 1.165) is 13.0 Å². The number of benzene rings is 1. The van der Waals surface area contributed by atoms with Crippen molar-refractivity contribution in [2.45, 2.75) is 19.9 Å². The Labute approximate surface area is 138 Å². The van der Waals surface area contributed by atoms with Crippen LogP contribution in [0.2, 0.25) is 0 Å². The molecule has 3 rings (SSSR count). The maximum Gasteiger partial charge on any atom is 0.260 e. The van der Waals surface area contributed by atoms with Crippen molar-refractivity contribution in [3.05, 3.63) is 46.2 Å². The van der Waals surface area contributed by atoms with E-state index in [2.05, 4.69) is 16.8 Å². The standard InChI is InChI=1S/C17H18N2O3S/c1-12(20)18-14-4-2-3-5-15(14)22-11-17(21)19-8-6-16-13(10-19)7-9-23-16/h2-5,7,9H,6,8,10-11H2,1H3,(H,18,20). The molecule has 1 aliphatic rings. The molecular weight excluding hydrogens is 312 g/mol. The molecule has 23 heavy (non-hydrogen) atoms. The van der Waals surface area contributed by atoms with Crippen LogP contribution in [0, 0.1) is 0 Å². The first kappa shape index (κ1) is 15.6. The Bertz CT molecular complexity index is 726. The Morgan fingerprint density at radius 2 is 2.13 bits per heavy atom. The van der Waals surface area contributed by atoms with E-state index in [1.165, 1.54) is 17.4 Å². The highest BCUT2D eigenvalue weighted by molar-refractivity contribution is 7.10. The second-order valence-electron chi connectivity index (χ2n) is 5.40. The molecule has 0 saturated heterocycles. The van der Waals surface area contributed by atoms with Crippen LogP contribution < -0.4 is 10.1 Å². The van der Waals surface area contributed by atoms with E-state index in [1.54, 1.807) is 23.5 Å². The number of nitrogens with zero attached hydrogens (tertiary/aromatic N) is 1. The van der Waals surface area contributed by atoms with E-state index >= 15 is 0 Å². The van der Waals surface area contributed by atoms with Gasteiger partial charge in [-0.15, -0.1) is 11.3 Å². The molecule has 0 spiro atoms. The van der Waals surface area contributed by atoms with Gasteiger partial charge in [-0.25, -0.2) is 0 Å². The highest BCUT2D eigenvalue weighted by Crippen LogP contribution is 2.25. The summed E-state index contributed by atoms with van der Waals surface area (Å²) in [4.78, 5) is 26.7. The number of carbonyl (C=O) groups excluding carboxylic acids is 2. The van der Waals surface area contributed by atoms with Crippen LogP contribution in [0.15, 0.2) is 35.7 Å². The van der Waals surface area contributed by atoms with Crippen molar-refractivity contribution in [3.63, 3.8) is 0 Å². The van der Waals surface area contributed by atoms with Gasteiger partial charge >= 0.3 is 0 Å². The number of anilines is 1. The van der Waals surface area contributed by atoms with E-state index < -0.39 is 0 Å². The zero-order chi connectivity index (χ0) is 16.2. The van der Waals surface area contributed by atoms with Crippen molar-refractivity contribution >= 4 is 28.8 Å². The molecule has 0 aliphatic carbocycles. The van der Waals surface area contributed by atoms with Crippen molar-refractivity contribution in [1.29, 1.82) is 0 Å². The lowest BCUT2D eigenvalue weighted by molar-refractivity contribution is -0.134. The Kier molecular flexibility index (Phi) is 4.62. The monoisotopic (exact) mass is 330 g/mol. The van der Waals surface area contributed by atoms with Crippen LogP contribution in [-0.2, 0) is 22.6 Å². The summed E-state index contributed by atoms with van der Waals surface area (Å²) < 4.78 is 5.62. The van der Waals surface area contributed by atoms with E-state index in [0.29, 0.717) is 18.0 Å². The fourth-order valence-corrected chi connectivity index (χ4v) is 3.47. The van der Waals surface area contributed by atoms with Crippen LogP contribution in [0.25, 0.3) is 0 Å². The molecule has 0 atom stereocenters. The van der Waals surface area contributed by atoms with Gasteiger partial charge in [0.25, 0.3) is 5.91 Å². The summed E-state index contributed by atoms with van der Waals surface area (Å²) in [6.07, 6.45) is 0.904. The Morgan fingerprint density at radius 1 is 1.30 bits per heavy atom. The highest BCUT2D eigenvalue weighted by Gasteiger charge is 2.21. The largest absolute Gasteiger partial charge is 0.482 e. The topological polar surface area (TPSA) is 58.6 Å². The van der Waals surface area contributed by atoms with Crippen molar-refractivity contribution in [2.75, 3.05) is 18.5 Å². The van der Waals surface area contributed by atoms with Crippen molar-refractivity contribution in [3.8, 4) is 5.75 Å². The van der Waals surface area contributed by atoms with E-state index in [1.807, 2.05) is 17.0 Å². The third-order valence-corrected chi connectivity index (χ3v) is 4.73. The summed E-state index contributed by atoms with van der Waals surface area (Å²) >= 11 is 1.75. The van der Waals surface area contributed by atoms with E-state index in [4.69, 9.17) is 4.74 Å². The summed E-state index contributed by atoms with van der Waals surface area (Å²) in [5.74, 6) is 0.289.